The van der Waals surface area contributed by atoms with Gasteiger partial charge in [-0.3, -0.25) is 0 Å². The predicted octanol–water partition coefficient (Wildman–Crippen LogP) is 3.39. The van der Waals surface area contributed by atoms with E-state index in [4.69, 9.17) is 10.5 Å². The summed E-state index contributed by atoms with van der Waals surface area (Å²) in [6.45, 7) is 7.20. The summed E-state index contributed by atoms with van der Waals surface area (Å²) in [5, 5.41) is 0. The maximum Gasteiger partial charge on any atom is 0.119 e. The maximum atomic E-state index is 5.74. The Morgan fingerprint density at radius 3 is 2.73 bits per heavy atom. The van der Waals surface area contributed by atoms with Crippen LogP contribution in [0.2, 0.25) is 0 Å². The Balaban J connectivity index is 2.47. The van der Waals surface area contributed by atoms with Crippen molar-refractivity contribution >= 4 is 5.69 Å². The second-order valence-corrected chi connectivity index (χ2v) is 4.22. The van der Waals surface area contributed by atoms with Gasteiger partial charge in [-0.15, -0.1) is 0 Å². The first-order valence-electron chi connectivity index (χ1n) is 5.62. The van der Waals surface area contributed by atoms with Crippen molar-refractivity contribution in [3.8, 4) is 5.75 Å². The molecule has 2 N–H and O–H groups in total. The number of hydrogen-bond donors (Lipinski definition) is 1. The third kappa shape index (κ3) is 3.82. The van der Waals surface area contributed by atoms with Gasteiger partial charge in [-0.05, 0) is 43.0 Å². The number of rotatable bonds is 5. The molecule has 0 heterocycles. The minimum absolute atomic E-state index is 0.618. The molecule has 0 bridgehead atoms. The van der Waals surface area contributed by atoms with E-state index in [1.807, 2.05) is 25.1 Å². The molecule has 0 spiro atoms. The normalized spacial score (nSPS) is 12.5. The molecule has 1 aromatic carbocycles. The molecule has 0 saturated carbocycles. The van der Waals surface area contributed by atoms with Gasteiger partial charge in [-0.2, -0.15) is 0 Å². The third-order valence-corrected chi connectivity index (χ3v) is 2.56. The highest BCUT2D eigenvalue weighted by Gasteiger charge is 2.02. The highest BCUT2D eigenvalue weighted by molar-refractivity contribution is 5.49. The molecular formula is C13H21NO. The summed E-state index contributed by atoms with van der Waals surface area (Å²) in [5.41, 5.74) is 7.64. The summed E-state index contributed by atoms with van der Waals surface area (Å²) in [6.07, 6.45) is 2.43. The van der Waals surface area contributed by atoms with Gasteiger partial charge in [0, 0.05) is 5.69 Å². The molecule has 15 heavy (non-hydrogen) atoms. The minimum Gasteiger partial charge on any atom is -0.493 e. The van der Waals surface area contributed by atoms with Crippen LogP contribution in [0.4, 0.5) is 5.69 Å². The molecule has 0 aliphatic rings. The van der Waals surface area contributed by atoms with Crippen molar-refractivity contribution in [3.05, 3.63) is 23.8 Å². The molecule has 0 fully saturated rings. The van der Waals surface area contributed by atoms with Crippen LogP contribution in [0, 0.1) is 12.8 Å². The third-order valence-electron chi connectivity index (χ3n) is 2.56. The van der Waals surface area contributed by atoms with Crippen molar-refractivity contribution in [1.29, 1.82) is 0 Å². The first-order valence-corrected chi connectivity index (χ1v) is 5.62. The Hall–Kier alpha value is -1.18. The van der Waals surface area contributed by atoms with E-state index in [0.29, 0.717) is 5.92 Å². The van der Waals surface area contributed by atoms with Gasteiger partial charge in [0.1, 0.15) is 5.75 Å². The van der Waals surface area contributed by atoms with Crippen molar-refractivity contribution in [2.24, 2.45) is 5.92 Å². The Morgan fingerprint density at radius 2 is 2.13 bits per heavy atom. The Kier molecular flexibility index (Phi) is 4.47. The molecular weight excluding hydrogens is 186 g/mol. The zero-order valence-corrected chi connectivity index (χ0v) is 9.92. The number of benzene rings is 1. The number of nitrogens with two attached hydrogens (primary N) is 1. The fraction of sp³-hybridized carbons (Fsp3) is 0.538. The van der Waals surface area contributed by atoms with Gasteiger partial charge in [-0.1, -0.05) is 20.3 Å². The summed E-state index contributed by atoms with van der Waals surface area (Å²) in [4.78, 5) is 0. The number of nitrogen functional groups attached to an aromatic ring is 1. The minimum atomic E-state index is 0.618. The average Bonchev–Trinajstić information content (AvgIpc) is 2.20. The second kappa shape index (κ2) is 5.64. The smallest absolute Gasteiger partial charge is 0.119 e. The average molecular weight is 207 g/mol. The van der Waals surface area contributed by atoms with Crippen LogP contribution in [0.15, 0.2) is 18.2 Å². The van der Waals surface area contributed by atoms with Crippen LogP contribution in [-0.4, -0.2) is 6.61 Å². The van der Waals surface area contributed by atoms with E-state index in [9.17, 15) is 0 Å². The quantitative estimate of drug-likeness (QED) is 0.751. The highest BCUT2D eigenvalue weighted by atomic mass is 16.5. The summed E-state index contributed by atoms with van der Waals surface area (Å²) in [5.74, 6) is 1.54. The SMILES string of the molecule is CCCC(C)COc1ccc(N)c(C)c1. The van der Waals surface area contributed by atoms with Crippen LogP contribution in [-0.2, 0) is 0 Å². The molecule has 0 aliphatic heterocycles. The molecule has 0 saturated heterocycles. The van der Waals surface area contributed by atoms with Crippen LogP contribution in [0.25, 0.3) is 0 Å². The number of hydrogen-bond acceptors (Lipinski definition) is 2. The van der Waals surface area contributed by atoms with Crippen LogP contribution >= 0.6 is 0 Å². The van der Waals surface area contributed by atoms with Gasteiger partial charge in [0.2, 0.25) is 0 Å². The van der Waals surface area contributed by atoms with Gasteiger partial charge < -0.3 is 10.5 Å². The van der Waals surface area contributed by atoms with Crippen molar-refractivity contribution in [2.45, 2.75) is 33.6 Å². The van der Waals surface area contributed by atoms with Gasteiger partial charge in [0.25, 0.3) is 0 Å². The summed E-state index contributed by atoms with van der Waals surface area (Å²) < 4.78 is 5.70. The molecule has 0 amide bonds. The Labute approximate surface area is 92.4 Å². The van der Waals surface area contributed by atoms with Crippen molar-refractivity contribution in [3.63, 3.8) is 0 Å². The lowest BCUT2D eigenvalue weighted by Gasteiger charge is -2.12. The fourth-order valence-electron chi connectivity index (χ4n) is 1.55. The van der Waals surface area contributed by atoms with E-state index >= 15 is 0 Å². The summed E-state index contributed by atoms with van der Waals surface area (Å²) in [7, 11) is 0. The van der Waals surface area contributed by atoms with E-state index in [1.165, 1.54) is 12.8 Å². The van der Waals surface area contributed by atoms with Crippen molar-refractivity contribution in [2.75, 3.05) is 12.3 Å². The van der Waals surface area contributed by atoms with Crippen molar-refractivity contribution < 1.29 is 4.74 Å². The number of ether oxygens (including phenoxy) is 1. The maximum absolute atomic E-state index is 5.74. The lowest BCUT2D eigenvalue weighted by atomic mass is 10.1. The monoisotopic (exact) mass is 207 g/mol. The van der Waals surface area contributed by atoms with E-state index in [2.05, 4.69) is 13.8 Å². The standard InChI is InChI=1S/C13H21NO/c1-4-5-10(2)9-15-12-6-7-13(14)11(3)8-12/h6-8,10H,4-5,9,14H2,1-3H3. The molecule has 84 valence electrons. The molecule has 0 aliphatic carbocycles. The molecule has 0 aromatic heterocycles. The number of aryl methyl sites for hydroxylation is 1. The molecule has 2 nitrogen and oxygen atoms in total. The molecule has 1 unspecified atom stereocenters. The molecule has 1 rings (SSSR count). The van der Waals surface area contributed by atoms with Crippen LogP contribution in [0.5, 0.6) is 5.75 Å². The van der Waals surface area contributed by atoms with Gasteiger partial charge in [-0.25, -0.2) is 0 Å². The summed E-state index contributed by atoms with van der Waals surface area (Å²) in [6, 6.07) is 5.82. The second-order valence-electron chi connectivity index (χ2n) is 4.22. The van der Waals surface area contributed by atoms with Gasteiger partial charge in [0.05, 0.1) is 6.61 Å². The van der Waals surface area contributed by atoms with Crippen LogP contribution in [0.3, 0.4) is 0 Å². The van der Waals surface area contributed by atoms with E-state index in [-0.39, 0.29) is 0 Å². The largest absolute Gasteiger partial charge is 0.493 e. The molecule has 1 aromatic rings. The zero-order chi connectivity index (χ0) is 11.3. The van der Waals surface area contributed by atoms with Crippen LogP contribution in [0.1, 0.15) is 32.3 Å². The van der Waals surface area contributed by atoms with E-state index in [1.54, 1.807) is 0 Å². The lowest BCUT2D eigenvalue weighted by Crippen LogP contribution is -2.08. The Bertz CT molecular complexity index is 309. The lowest BCUT2D eigenvalue weighted by molar-refractivity contribution is 0.251. The molecule has 2 heteroatoms. The van der Waals surface area contributed by atoms with E-state index < -0.39 is 0 Å². The first-order chi connectivity index (χ1) is 7.13. The zero-order valence-electron chi connectivity index (χ0n) is 9.92. The molecule has 0 radical (unpaired) electrons. The first kappa shape index (κ1) is 11.9. The number of anilines is 1. The van der Waals surface area contributed by atoms with Gasteiger partial charge >= 0.3 is 0 Å². The molecule has 1 atom stereocenters. The topological polar surface area (TPSA) is 35.2 Å². The van der Waals surface area contributed by atoms with Crippen LogP contribution < -0.4 is 10.5 Å². The van der Waals surface area contributed by atoms with E-state index in [0.717, 1.165) is 23.6 Å². The van der Waals surface area contributed by atoms with Gasteiger partial charge in [0.15, 0.2) is 0 Å². The highest BCUT2D eigenvalue weighted by Crippen LogP contribution is 2.19. The fourth-order valence-corrected chi connectivity index (χ4v) is 1.55. The summed E-state index contributed by atoms with van der Waals surface area (Å²) >= 11 is 0. The van der Waals surface area contributed by atoms with Crippen molar-refractivity contribution in [1.82, 2.24) is 0 Å². The Morgan fingerprint density at radius 1 is 1.40 bits per heavy atom. The predicted molar refractivity (Wildman–Crippen MR) is 65.2 cm³/mol.